The molecule has 1 N–H and O–H groups in total. The molecule has 0 aliphatic carbocycles. The molecule has 1 aliphatic rings. The summed E-state index contributed by atoms with van der Waals surface area (Å²) in [5.74, 6) is 0.744. The van der Waals surface area contributed by atoms with Gasteiger partial charge in [-0.25, -0.2) is 8.42 Å². The van der Waals surface area contributed by atoms with Crippen molar-refractivity contribution in [3.05, 3.63) is 11.4 Å². The van der Waals surface area contributed by atoms with E-state index in [-0.39, 0.29) is 10.8 Å². The van der Waals surface area contributed by atoms with E-state index in [1.54, 1.807) is 11.2 Å². The molecule has 0 radical (unpaired) electrons. The number of aromatic nitrogens is 2. The second kappa shape index (κ2) is 5.81. The summed E-state index contributed by atoms with van der Waals surface area (Å²) in [4.78, 5) is 0.262. The lowest BCUT2D eigenvalue weighted by Crippen LogP contribution is -2.38. The highest BCUT2D eigenvalue weighted by Gasteiger charge is 2.33. The molecule has 108 valence electrons. The molecule has 7 heteroatoms. The number of hydrogen-bond acceptors (Lipinski definition) is 3. The van der Waals surface area contributed by atoms with Gasteiger partial charge >= 0.3 is 0 Å². The predicted molar refractivity (Wildman–Crippen MR) is 74.7 cm³/mol. The molecular formula is C12H20ClN3O2S. The molecule has 0 atom stereocenters. The van der Waals surface area contributed by atoms with E-state index in [9.17, 15) is 8.42 Å². The topological polar surface area (TPSA) is 66.1 Å². The molecule has 19 heavy (non-hydrogen) atoms. The zero-order valence-corrected chi connectivity index (χ0v) is 12.9. The molecule has 0 spiro atoms. The van der Waals surface area contributed by atoms with Crippen LogP contribution in [0.1, 0.15) is 37.6 Å². The standard InChI is InChI=1S/C12H20ClN3O2S/c1-3-10-4-6-16(7-5-10)19(17,18)12-9(2)14-15-11(12)8-13/h10H,3-8H2,1-2H3,(H,14,15). The first kappa shape index (κ1) is 14.8. The Morgan fingerprint density at radius 1 is 1.42 bits per heavy atom. The molecule has 0 unspecified atom stereocenters. The van der Waals surface area contributed by atoms with Crippen LogP contribution in [0.2, 0.25) is 0 Å². The van der Waals surface area contributed by atoms with Crippen molar-refractivity contribution in [3.63, 3.8) is 0 Å². The summed E-state index contributed by atoms with van der Waals surface area (Å²) in [5, 5.41) is 6.68. The number of hydrogen-bond donors (Lipinski definition) is 1. The maximum atomic E-state index is 12.7. The number of aromatic amines is 1. The quantitative estimate of drug-likeness (QED) is 0.868. The van der Waals surface area contributed by atoms with E-state index in [2.05, 4.69) is 17.1 Å². The van der Waals surface area contributed by atoms with Crippen molar-refractivity contribution in [1.82, 2.24) is 14.5 Å². The van der Waals surface area contributed by atoms with Gasteiger partial charge in [-0.15, -0.1) is 11.6 Å². The van der Waals surface area contributed by atoms with Crippen molar-refractivity contribution in [1.29, 1.82) is 0 Å². The minimum atomic E-state index is -3.47. The highest BCUT2D eigenvalue weighted by atomic mass is 35.5. The van der Waals surface area contributed by atoms with Crippen molar-refractivity contribution in [2.75, 3.05) is 13.1 Å². The van der Waals surface area contributed by atoms with E-state index in [0.29, 0.717) is 30.4 Å². The lowest BCUT2D eigenvalue weighted by Gasteiger charge is -2.30. The Balaban J connectivity index is 2.26. The highest BCUT2D eigenvalue weighted by Crippen LogP contribution is 2.28. The molecular weight excluding hydrogens is 286 g/mol. The number of sulfonamides is 1. The minimum absolute atomic E-state index is 0.102. The molecule has 0 amide bonds. The van der Waals surface area contributed by atoms with Gasteiger partial charge in [-0.1, -0.05) is 13.3 Å². The first-order valence-corrected chi connectivity index (χ1v) is 8.58. The molecule has 1 aromatic rings. The Morgan fingerprint density at radius 2 is 2.05 bits per heavy atom. The van der Waals surface area contributed by atoms with Gasteiger partial charge in [0.1, 0.15) is 4.90 Å². The molecule has 0 saturated carbocycles. The van der Waals surface area contributed by atoms with E-state index in [1.807, 2.05) is 0 Å². The molecule has 2 rings (SSSR count). The smallest absolute Gasteiger partial charge is 0.246 e. The largest absolute Gasteiger partial charge is 0.281 e. The van der Waals surface area contributed by atoms with Crippen LogP contribution in [-0.2, 0) is 15.9 Å². The first-order chi connectivity index (χ1) is 9.00. The molecule has 1 aliphatic heterocycles. The lowest BCUT2D eigenvalue weighted by atomic mass is 9.96. The van der Waals surface area contributed by atoms with Crippen LogP contribution in [0.4, 0.5) is 0 Å². The maximum absolute atomic E-state index is 12.7. The number of aryl methyl sites for hydroxylation is 1. The van der Waals surface area contributed by atoms with E-state index >= 15 is 0 Å². The number of rotatable bonds is 4. The third-order valence-corrected chi connectivity index (χ3v) is 6.19. The zero-order chi connectivity index (χ0) is 14.0. The summed E-state index contributed by atoms with van der Waals surface area (Å²) in [7, 11) is -3.47. The van der Waals surface area contributed by atoms with Crippen LogP contribution in [0.5, 0.6) is 0 Å². The van der Waals surface area contributed by atoms with Gasteiger partial charge in [0.2, 0.25) is 10.0 Å². The molecule has 5 nitrogen and oxygen atoms in total. The summed E-state index contributed by atoms with van der Waals surface area (Å²) < 4.78 is 26.9. The van der Waals surface area contributed by atoms with Gasteiger partial charge in [0, 0.05) is 13.1 Å². The van der Waals surface area contributed by atoms with Crippen LogP contribution in [-0.4, -0.2) is 36.0 Å². The molecule has 1 fully saturated rings. The second-order valence-electron chi connectivity index (χ2n) is 5.01. The van der Waals surface area contributed by atoms with Crippen molar-refractivity contribution in [2.45, 2.75) is 43.9 Å². The molecule has 0 bridgehead atoms. The van der Waals surface area contributed by atoms with E-state index in [0.717, 1.165) is 19.3 Å². The Kier molecular flexibility index (Phi) is 4.53. The van der Waals surface area contributed by atoms with Gasteiger partial charge < -0.3 is 0 Å². The summed E-state index contributed by atoms with van der Waals surface area (Å²) in [5.41, 5.74) is 0.977. The lowest BCUT2D eigenvalue weighted by molar-refractivity contribution is 0.269. The molecule has 1 aromatic heterocycles. The van der Waals surface area contributed by atoms with Gasteiger partial charge in [-0.2, -0.15) is 9.40 Å². The Hall–Kier alpha value is -0.590. The SMILES string of the molecule is CCC1CCN(S(=O)(=O)c2c(CCl)n[nH]c2C)CC1. The third kappa shape index (κ3) is 2.80. The number of alkyl halides is 1. The monoisotopic (exact) mass is 305 g/mol. The molecule has 1 saturated heterocycles. The number of piperidine rings is 1. The fourth-order valence-electron chi connectivity index (χ4n) is 2.59. The minimum Gasteiger partial charge on any atom is -0.281 e. The first-order valence-electron chi connectivity index (χ1n) is 6.60. The van der Waals surface area contributed by atoms with Crippen LogP contribution in [0.15, 0.2) is 4.90 Å². The number of H-pyrrole nitrogens is 1. The van der Waals surface area contributed by atoms with E-state index in [1.165, 1.54) is 0 Å². The Morgan fingerprint density at radius 3 is 2.58 bits per heavy atom. The number of nitrogens with one attached hydrogen (secondary N) is 1. The van der Waals surface area contributed by atoms with Gasteiger partial charge in [0.05, 0.1) is 17.3 Å². The Labute approximate surface area is 119 Å². The highest BCUT2D eigenvalue weighted by molar-refractivity contribution is 7.89. The molecule has 2 heterocycles. The number of halogens is 1. The number of nitrogens with zero attached hydrogens (tertiary/aromatic N) is 2. The van der Waals surface area contributed by atoms with Crippen LogP contribution < -0.4 is 0 Å². The fraction of sp³-hybridized carbons (Fsp3) is 0.750. The van der Waals surface area contributed by atoms with Crippen molar-refractivity contribution < 1.29 is 8.42 Å². The summed E-state index contributed by atoms with van der Waals surface area (Å²) >= 11 is 5.77. The maximum Gasteiger partial charge on any atom is 0.246 e. The van der Waals surface area contributed by atoms with Crippen LogP contribution in [0.25, 0.3) is 0 Å². The summed E-state index contributed by atoms with van der Waals surface area (Å²) in [6.07, 6.45) is 2.98. The Bertz CT molecular complexity index is 533. The van der Waals surface area contributed by atoms with Crippen molar-refractivity contribution >= 4 is 21.6 Å². The summed E-state index contributed by atoms with van der Waals surface area (Å²) in [6.45, 7) is 5.05. The normalized spacial score (nSPS) is 18.9. The van der Waals surface area contributed by atoms with E-state index < -0.39 is 10.0 Å². The summed E-state index contributed by atoms with van der Waals surface area (Å²) in [6, 6.07) is 0. The third-order valence-electron chi connectivity index (χ3n) is 3.84. The average molecular weight is 306 g/mol. The predicted octanol–water partition coefficient (Wildman–Crippen LogP) is 2.27. The van der Waals surface area contributed by atoms with Crippen molar-refractivity contribution in [3.8, 4) is 0 Å². The van der Waals surface area contributed by atoms with Crippen LogP contribution in [0, 0.1) is 12.8 Å². The van der Waals surface area contributed by atoms with Crippen molar-refractivity contribution in [2.24, 2.45) is 5.92 Å². The second-order valence-corrected chi connectivity index (χ2v) is 7.16. The van der Waals surface area contributed by atoms with Gasteiger partial charge in [-0.05, 0) is 25.7 Å². The zero-order valence-electron chi connectivity index (χ0n) is 11.3. The van der Waals surface area contributed by atoms with Gasteiger partial charge in [0.25, 0.3) is 0 Å². The fourth-order valence-corrected chi connectivity index (χ4v) is 4.66. The van der Waals surface area contributed by atoms with E-state index in [4.69, 9.17) is 11.6 Å². The van der Waals surface area contributed by atoms with Gasteiger partial charge in [-0.3, -0.25) is 5.10 Å². The molecule has 0 aromatic carbocycles. The van der Waals surface area contributed by atoms with Crippen LogP contribution >= 0.6 is 11.6 Å². The average Bonchev–Trinajstić information content (AvgIpc) is 2.80. The van der Waals surface area contributed by atoms with Crippen LogP contribution in [0.3, 0.4) is 0 Å². The van der Waals surface area contributed by atoms with Gasteiger partial charge in [0.15, 0.2) is 0 Å².